The van der Waals surface area contributed by atoms with Crippen molar-refractivity contribution >= 4 is 21.9 Å². The molecule has 6 heteroatoms. The van der Waals surface area contributed by atoms with Crippen molar-refractivity contribution in [3.8, 4) is 0 Å². The number of carbonyl (C=O) groups excluding carboxylic acids is 1. The maximum atomic E-state index is 11.5. The highest BCUT2D eigenvalue weighted by atomic mass is 79.9. The summed E-state index contributed by atoms with van der Waals surface area (Å²) in [5, 5.41) is 4.17. The highest BCUT2D eigenvalue weighted by Gasteiger charge is 2.15. The topological polar surface area (TPSA) is 57.0 Å². The number of hydrogen-bond acceptors (Lipinski definition) is 4. The molecule has 0 unspecified atom stereocenters. The molecule has 19 heavy (non-hydrogen) atoms. The molecule has 0 aliphatic heterocycles. The van der Waals surface area contributed by atoms with E-state index < -0.39 is 5.97 Å². The van der Waals surface area contributed by atoms with Crippen LogP contribution < -0.4 is 0 Å². The Morgan fingerprint density at radius 3 is 2.95 bits per heavy atom. The van der Waals surface area contributed by atoms with Crippen LogP contribution in [0.1, 0.15) is 28.9 Å². The molecule has 0 aliphatic carbocycles. The third-order valence-electron chi connectivity index (χ3n) is 2.54. The van der Waals surface area contributed by atoms with Gasteiger partial charge in [-0.1, -0.05) is 28.1 Å². The van der Waals surface area contributed by atoms with Gasteiger partial charge in [0.25, 0.3) is 5.82 Å². The van der Waals surface area contributed by atoms with Crippen LogP contribution in [0.3, 0.4) is 0 Å². The molecule has 5 nitrogen and oxygen atoms in total. The summed E-state index contributed by atoms with van der Waals surface area (Å²) in [7, 11) is 0. The first-order valence-corrected chi connectivity index (χ1v) is 6.72. The van der Waals surface area contributed by atoms with Crippen LogP contribution >= 0.6 is 15.9 Å². The van der Waals surface area contributed by atoms with Gasteiger partial charge in [-0.05, 0) is 31.5 Å². The van der Waals surface area contributed by atoms with Crippen molar-refractivity contribution in [3.05, 3.63) is 46.0 Å². The van der Waals surface area contributed by atoms with Gasteiger partial charge in [0.2, 0.25) is 0 Å². The zero-order valence-electron chi connectivity index (χ0n) is 10.8. The number of rotatable bonds is 4. The van der Waals surface area contributed by atoms with Crippen molar-refractivity contribution in [2.45, 2.75) is 20.4 Å². The molecule has 0 amide bonds. The van der Waals surface area contributed by atoms with E-state index in [1.165, 1.54) is 0 Å². The van der Waals surface area contributed by atoms with Gasteiger partial charge in [-0.3, -0.25) is 0 Å². The third kappa shape index (κ3) is 3.41. The Morgan fingerprint density at radius 2 is 2.26 bits per heavy atom. The summed E-state index contributed by atoms with van der Waals surface area (Å²) in [4.78, 5) is 15.7. The molecule has 0 N–H and O–H groups in total. The molecule has 0 saturated carbocycles. The minimum atomic E-state index is -0.487. The second kappa shape index (κ2) is 5.97. The van der Waals surface area contributed by atoms with Crippen molar-refractivity contribution in [2.24, 2.45) is 0 Å². The lowest BCUT2D eigenvalue weighted by molar-refractivity contribution is 0.0511. The number of aromatic nitrogens is 3. The van der Waals surface area contributed by atoms with Crippen molar-refractivity contribution in [3.63, 3.8) is 0 Å². The molecule has 1 aromatic heterocycles. The van der Waals surface area contributed by atoms with Crippen LogP contribution in [-0.2, 0) is 11.3 Å². The third-order valence-corrected chi connectivity index (χ3v) is 3.03. The lowest BCUT2D eigenvalue weighted by Crippen LogP contribution is -2.08. The lowest BCUT2D eigenvalue weighted by atomic mass is 10.2. The van der Waals surface area contributed by atoms with Crippen molar-refractivity contribution in [1.82, 2.24) is 14.8 Å². The van der Waals surface area contributed by atoms with E-state index in [0.29, 0.717) is 19.0 Å². The van der Waals surface area contributed by atoms with Crippen LogP contribution in [0, 0.1) is 6.92 Å². The summed E-state index contributed by atoms with van der Waals surface area (Å²) in [6, 6.07) is 7.92. The number of carbonyl (C=O) groups is 1. The standard InChI is InChI=1S/C13H14BrN3O2/c1-3-19-13(18)12-15-9(2)17(16-12)8-10-5-4-6-11(14)7-10/h4-7H,3,8H2,1-2H3. The molecule has 2 aromatic rings. The summed E-state index contributed by atoms with van der Waals surface area (Å²) in [5.41, 5.74) is 1.08. The maximum absolute atomic E-state index is 11.5. The molecular formula is C13H14BrN3O2. The van der Waals surface area contributed by atoms with Gasteiger partial charge in [0.15, 0.2) is 0 Å². The Labute approximate surface area is 119 Å². The van der Waals surface area contributed by atoms with Gasteiger partial charge < -0.3 is 4.74 Å². The number of halogens is 1. The number of esters is 1. The van der Waals surface area contributed by atoms with E-state index in [1.807, 2.05) is 31.2 Å². The molecule has 0 spiro atoms. The minimum Gasteiger partial charge on any atom is -0.460 e. The van der Waals surface area contributed by atoms with Crippen LogP contribution in [0.25, 0.3) is 0 Å². The SMILES string of the molecule is CCOC(=O)c1nc(C)n(Cc2cccc(Br)c2)n1. The molecule has 1 aromatic carbocycles. The Hall–Kier alpha value is -1.69. The number of nitrogens with zero attached hydrogens (tertiary/aromatic N) is 3. The zero-order valence-corrected chi connectivity index (χ0v) is 12.3. The van der Waals surface area contributed by atoms with E-state index in [9.17, 15) is 4.79 Å². The maximum Gasteiger partial charge on any atom is 0.378 e. The van der Waals surface area contributed by atoms with Gasteiger partial charge in [0, 0.05) is 4.47 Å². The Kier molecular flexibility index (Phi) is 4.31. The summed E-state index contributed by atoms with van der Waals surface area (Å²) < 4.78 is 7.58. The first kappa shape index (κ1) is 13.7. The summed E-state index contributed by atoms with van der Waals surface area (Å²) in [5.74, 6) is 0.302. The van der Waals surface area contributed by atoms with Crippen LogP contribution in [0.4, 0.5) is 0 Å². The Bertz CT molecular complexity index is 595. The fourth-order valence-electron chi connectivity index (χ4n) is 1.66. The predicted octanol–water partition coefficient (Wildman–Crippen LogP) is 2.57. The second-order valence-corrected chi connectivity index (χ2v) is 4.91. The van der Waals surface area contributed by atoms with Crippen LogP contribution in [0.2, 0.25) is 0 Å². The molecule has 100 valence electrons. The quantitative estimate of drug-likeness (QED) is 0.811. The molecular weight excluding hydrogens is 310 g/mol. The summed E-state index contributed by atoms with van der Waals surface area (Å²) in [6.07, 6.45) is 0. The number of ether oxygens (including phenoxy) is 1. The lowest BCUT2D eigenvalue weighted by Gasteiger charge is -2.03. The fourth-order valence-corrected chi connectivity index (χ4v) is 2.11. The molecule has 0 radical (unpaired) electrons. The first-order valence-electron chi connectivity index (χ1n) is 5.93. The first-order chi connectivity index (χ1) is 9.10. The number of benzene rings is 1. The van der Waals surface area contributed by atoms with Crippen LogP contribution in [0.15, 0.2) is 28.7 Å². The van der Waals surface area contributed by atoms with Gasteiger partial charge in [0.05, 0.1) is 13.2 Å². The van der Waals surface area contributed by atoms with E-state index in [0.717, 1.165) is 10.0 Å². The average molecular weight is 324 g/mol. The molecule has 0 atom stereocenters. The second-order valence-electron chi connectivity index (χ2n) is 3.99. The van der Waals surface area contributed by atoms with Gasteiger partial charge >= 0.3 is 5.97 Å². The fraction of sp³-hybridized carbons (Fsp3) is 0.308. The highest BCUT2D eigenvalue weighted by Crippen LogP contribution is 2.13. The van der Waals surface area contributed by atoms with Gasteiger partial charge in [-0.25, -0.2) is 14.5 Å². The van der Waals surface area contributed by atoms with E-state index in [-0.39, 0.29) is 5.82 Å². The van der Waals surface area contributed by atoms with Crippen LogP contribution in [-0.4, -0.2) is 27.3 Å². The van der Waals surface area contributed by atoms with Gasteiger partial charge in [0.1, 0.15) is 5.82 Å². The minimum absolute atomic E-state index is 0.106. The molecule has 1 heterocycles. The number of hydrogen-bond donors (Lipinski definition) is 0. The van der Waals surface area contributed by atoms with Gasteiger partial charge in [-0.15, -0.1) is 5.10 Å². The van der Waals surface area contributed by atoms with Crippen molar-refractivity contribution < 1.29 is 9.53 Å². The van der Waals surface area contributed by atoms with Crippen molar-refractivity contribution in [2.75, 3.05) is 6.61 Å². The highest BCUT2D eigenvalue weighted by molar-refractivity contribution is 9.10. The predicted molar refractivity (Wildman–Crippen MR) is 74.0 cm³/mol. The van der Waals surface area contributed by atoms with E-state index in [1.54, 1.807) is 11.6 Å². The van der Waals surface area contributed by atoms with Crippen LogP contribution in [0.5, 0.6) is 0 Å². The molecule has 2 rings (SSSR count). The van der Waals surface area contributed by atoms with E-state index in [4.69, 9.17) is 4.74 Å². The summed E-state index contributed by atoms with van der Waals surface area (Å²) >= 11 is 3.42. The molecule has 0 aliphatic rings. The Morgan fingerprint density at radius 1 is 1.47 bits per heavy atom. The normalized spacial score (nSPS) is 10.5. The molecule has 0 bridgehead atoms. The van der Waals surface area contributed by atoms with Gasteiger partial charge in [-0.2, -0.15) is 0 Å². The van der Waals surface area contributed by atoms with E-state index >= 15 is 0 Å². The number of aryl methyl sites for hydroxylation is 1. The molecule has 0 saturated heterocycles. The largest absolute Gasteiger partial charge is 0.460 e. The Balaban J connectivity index is 2.19. The molecule has 0 fully saturated rings. The monoisotopic (exact) mass is 323 g/mol. The zero-order chi connectivity index (χ0) is 13.8. The van der Waals surface area contributed by atoms with Crippen molar-refractivity contribution in [1.29, 1.82) is 0 Å². The summed E-state index contributed by atoms with van der Waals surface area (Å²) in [6.45, 7) is 4.45. The van der Waals surface area contributed by atoms with E-state index in [2.05, 4.69) is 26.0 Å². The smallest absolute Gasteiger partial charge is 0.378 e. The average Bonchev–Trinajstić information content (AvgIpc) is 2.71.